The Morgan fingerprint density at radius 3 is 2.54 bits per heavy atom. The number of aryl methyl sites for hydroxylation is 1. The molecule has 0 saturated carbocycles. The van der Waals surface area contributed by atoms with Crippen molar-refractivity contribution in [1.82, 2.24) is 20.1 Å². The van der Waals surface area contributed by atoms with Crippen molar-refractivity contribution in [2.45, 2.75) is 46.3 Å². The molecule has 0 aliphatic heterocycles. The normalized spacial score (nSPS) is 12.6. The Bertz CT molecular complexity index is 704. The van der Waals surface area contributed by atoms with E-state index in [1.165, 1.54) is 5.56 Å². The first-order valence-electron chi connectivity index (χ1n) is 9.64. The van der Waals surface area contributed by atoms with Gasteiger partial charge in [0.1, 0.15) is 0 Å². The number of guanidine groups is 1. The number of rotatable bonds is 9. The Morgan fingerprint density at radius 1 is 1.21 bits per heavy atom. The molecule has 0 bridgehead atoms. The summed E-state index contributed by atoms with van der Waals surface area (Å²) in [6, 6.07) is 11.1. The smallest absolute Gasteiger partial charge is 0.194 e. The highest BCUT2D eigenvalue weighted by atomic mass is 127. The number of halogens is 1. The monoisotopic (exact) mass is 515 g/mol. The second-order valence-corrected chi connectivity index (χ2v) is 8.05. The van der Waals surface area contributed by atoms with Gasteiger partial charge in [0.25, 0.3) is 0 Å². The predicted molar refractivity (Wildman–Crippen MR) is 132 cm³/mol. The van der Waals surface area contributed by atoms with E-state index in [-0.39, 0.29) is 24.0 Å². The van der Waals surface area contributed by atoms with Crippen molar-refractivity contribution in [3.63, 3.8) is 0 Å². The molecule has 7 heteroatoms. The lowest BCUT2D eigenvalue weighted by Gasteiger charge is -2.25. The van der Waals surface area contributed by atoms with E-state index in [0.717, 1.165) is 49.3 Å². The summed E-state index contributed by atoms with van der Waals surface area (Å²) in [6.45, 7) is 9.83. The molecular formula is C21H34IN5S. The number of thiazole rings is 1. The lowest BCUT2D eigenvalue weighted by Crippen LogP contribution is -2.39. The fourth-order valence-corrected chi connectivity index (χ4v) is 3.48. The standard InChI is InChI=1S/C21H33N5S.HI/c1-6-22-21(26(5)15-20-16-27-18(3)24-20)23-13-12-17(2)25(4)14-19-10-8-7-9-11-19;/h7-11,16-17H,6,12-15H2,1-5H3,(H,22,23);1H. The molecule has 0 saturated heterocycles. The summed E-state index contributed by atoms with van der Waals surface area (Å²) in [5.74, 6) is 0.945. The van der Waals surface area contributed by atoms with Crippen molar-refractivity contribution in [1.29, 1.82) is 0 Å². The minimum atomic E-state index is 0. The summed E-state index contributed by atoms with van der Waals surface area (Å²) in [4.78, 5) is 13.9. The van der Waals surface area contributed by atoms with Crippen LogP contribution in [0.2, 0.25) is 0 Å². The maximum absolute atomic E-state index is 4.83. The van der Waals surface area contributed by atoms with Crippen molar-refractivity contribution in [2.75, 3.05) is 27.2 Å². The molecule has 28 heavy (non-hydrogen) atoms. The van der Waals surface area contributed by atoms with Crippen molar-refractivity contribution in [3.8, 4) is 0 Å². The third-order valence-corrected chi connectivity index (χ3v) is 5.42. The molecule has 2 rings (SSSR count). The van der Waals surface area contributed by atoms with E-state index in [4.69, 9.17) is 4.99 Å². The van der Waals surface area contributed by atoms with Crippen LogP contribution in [0.25, 0.3) is 0 Å². The largest absolute Gasteiger partial charge is 0.357 e. The van der Waals surface area contributed by atoms with Crippen LogP contribution in [0.15, 0.2) is 40.7 Å². The van der Waals surface area contributed by atoms with Crippen LogP contribution in [0.3, 0.4) is 0 Å². The zero-order valence-corrected chi connectivity index (χ0v) is 20.8. The average Bonchev–Trinajstić information content (AvgIpc) is 3.06. The van der Waals surface area contributed by atoms with Gasteiger partial charge in [-0.15, -0.1) is 35.3 Å². The average molecular weight is 516 g/mol. The quantitative estimate of drug-likeness (QED) is 0.306. The molecule has 0 aliphatic carbocycles. The molecule has 5 nitrogen and oxygen atoms in total. The molecule has 0 aliphatic rings. The van der Waals surface area contributed by atoms with Crippen LogP contribution >= 0.6 is 35.3 Å². The Balaban J connectivity index is 0.00000392. The van der Waals surface area contributed by atoms with Crippen LogP contribution in [-0.2, 0) is 13.1 Å². The molecular weight excluding hydrogens is 481 g/mol. The molecule has 1 aromatic carbocycles. The lowest BCUT2D eigenvalue weighted by molar-refractivity contribution is 0.240. The van der Waals surface area contributed by atoms with E-state index in [1.54, 1.807) is 11.3 Å². The van der Waals surface area contributed by atoms with E-state index >= 15 is 0 Å². The summed E-state index contributed by atoms with van der Waals surface area (Å²) in [6.07, 6.45) is 1.03. The fraction of sp³-hybridized carbons (Fsp3) is 0.524. The van der Waals surface area contributed by atoms with E-state index in [0.29, 0.717) is 6.04 Å². The van der Waals surface area contributed by atoms with Crippen molar-refractivity contribution < 1.29 is 0 Å². The van der Waals surface area contributed by atoms with Gasteiger partial charge in [0.05, 0.1) is 17.2 Å². The first-order chi connectivity index (χ1) is 13.0. The lowest BCUT2D eigenvalue weighted by atomic mass is 10.1. The molecule has 156 valence electrons. The van der Waals surface area contributed by atoms with Gasteiger partial charge in [-0.2, -0.15) is 0 Å². The third-order valence-electron chi connectivity index (χ3n) is 4.60. The van der Waals surface area contributed by atoms with Crippen LogP contribution in [0.5, 0.6) is 0 Å². The van der Waals surface area contributed by atoms with Gasteiger partial charge in [0.15, 0.2) is 5.96 Å². The highest BCUT2D eigenvalue weighted by Crippen LogP contribution is 2.11. The van der Waals surface area contributed by atoms with Crippen LogP contribution in [0, 0.1) is 6.92 Å². The molecule has 0 spiro atoms. The molecule has 0 amide bonds. The maximum Gasteiger partial charge on any atom is 0.194 e. The van der Waals surface area contributed by atoms with Crippen LogP contribution in [0.1, 0.15) is 36.5 Å². The minimum absolute atomic E-state index is 0. The zero-order valence-electron chi connectivity index (χ0n) is 17.7. The SMILES string of the molecule is CCNC(=NCCC(C)N(C)Cc1ccccc1)N(C)Cc1csc(C)n1.I. The Hall–Kier alpha value is -1.19. The van der Waals surface area contributed by atoms with Gasteiger partial charge in [-0.05, 0) is 39.8 Å². The Kier molecular flexibility index (Phi) is 11.6. The second-order valence-electron chi connectivity index (χ2n) is 6.99. The molecule has 1 heterocycles. The highest BCUT2D eigenvalue weighted by molar-refractivity contribution is 14.0. The number of aromatic nitrogens is 1. The highest BCUT2D eigenvalue weighted by Gasteiger charge is 2.11. The number of hydrogen-bond acceptors (Lipinski definition) is 4. The van der Waals surface area contributed by atoms with Crippen LogP contribution < -0.4 is 5.32 Å². The topological polar surface area (TPSA) is 43.8 Å². The van der Waals surface area contributed by atoms with E-state index < -0.39 is 0 Å². The molecule has 1 atom stereocenters. The predicted octanol–water partition coefficient (Wildman–Crippen LogP) is 4.38. The van der Waals surface area contributed by atoms with Gasteiger partial charge in [-0.3, -0.25) is 9.89 Å². The summed E-state index contributed by atoms with van der Waals surface area (Å²) in [5, 5.41) is 6.62. The first-order valence-corrected chi connectivity index (χ1v) is 10.5. The summed E-state index contributed by atoms with van der Waals surface area (Å²) >= 11 is 1.69. The summed E-state index contributed by atoms with van der Waals surface area (Å²) < 4.78 is 0. The maximum atomic E-state index is 4.83. The van der Waals surface area contributed by atoms with Crippen molar-refractivity contribution in [3.05, 3.63) is 52.0 Å². The second kappa shape index (κ2) is 13.1. The number of benzene rings is 1. The van der Waals surface area contributed by atoms with E-state index in [2.05, 4.69) is 83.8 Å². The number of nitrogens with zero attached hydrogens (tertiary/aromatic N) is 4. The van der Waals surface area contributed by atoms with Gasteiger partial charge >= 0.3 is 0 Å². The fourth-order valence-electron chi connectivity index (χ4n) is 2.87. The van der Waals surface area contributed by atoms with E-state index in [1.807, 2.05) is 6.92 Å². The number of aliphatic imine (C=N–C) groups is 1. The molecule has 2 aromatic rings. The first kappa shape index (κ1) is 24.8. The molecule has 0 radical (unpaired) electrons. The third kappa shape index (κ3) is 8.45. The Labute approximate surface area is 191 Å². The summed E-state index contributed by atoms with van der Waals surface area (Å²) in [7, 11) is 4.25. The van der Waals surface area contributed by atoms with Gasteiger partial charge in [-0.25, -0.2) is 4.98 Å². The number of hydrogen-bond donors (Lipinski definition) is 1. The van der Waals surface area contributed by atoms with Gasteiger partial charge in [-0.1, -0.05) is 30.3 Å². The number of nitrogens with one attached hydrogen (secondary N) is 1. The Morgan fingerprint density at radius 2 is 1.93 bits per heavy atom. The zero-order chi connectivity index (χ0) is 19.6. The molecule has 1 unspecified atom stereocenters. The molecule has 1 aromatic heterocycles. The van der Waals surface area contributed by atoms with Gasteiger partial charge in [0, 0.05) is 38.1 Å². The van der Waals surface area contributed by atoms with Gasteiger partial charge in [0.2, 0.25) is 0 Å². The summed E-state index contributed by atoms with van der Waals surface area (Å²) in [5.41, 5.74) is 2.45. The minimum Gasteiger partial charge on any atom is -0.357 e. The van der Waals surface area contributed by atoms with Crippen molar-refractivity contribution >= 4 is 41.3 Å². The van der Waals surface area contributed by atoms with Crippen LogP contribution in [0.4, 0.5) is 0 Å². The van der Waals surface area contributed by atoms with Crippen molar-refractivity contribution in [2.24, 2.45) is 4.99 Å². The molecule has 1 N–H and O–H groups in total. The van der Waals surface area contributed by atoms with Crippen LogP contribution in [-0.4, -0.2) is 54.0 Å². The van der Waals surface area contributed by atoms with Gasteiger partial charge < -0.3 is 10.2 Å². The molecule has 0 fully saturated rings. The van der Waals surface area contributed by atoms with E-state index in [9.17, 15) is 0 Å².